The number of pyridine rings is 1. The monoisotopic (exact) mass is 339 g/mol. The average molecular weight is 340 g/mol. The van der Waals surface area contributed by atoms with Gasteiger partial charge in [-0.15, -0.1) is 10.2 Å². The summed E-state index contributed by atoms with van der Waals surface area (Å²) in [6.07, 6.45) is 1.58. The lowest BCUT2D eigenvalue weighted by Gasteiger charge is -2.05. The summed E-state index contributed by atoms with van der Waals surface area (Å²) in [4.78, 5) is 8.67. The molecule has 0 aliphatic carbocycles. The highest BCUT2D eigenvalue weighted by Crippen LogP contribution is 2.26. The van der Waals surface area contributed by atoms with E-state index in [1.54, 1.807) is 12.3 Å². The zero-order chi connectivity index (χ0) is 15.0. The molecule has 3 aromatic rings. The van der Waals surface area contributed by atoms with Gasteiger partial charge in [-0.3, -0.25) is 9.38 Å². The van der Waals surface area contributed by atoms with E-state index >= 15 is 0 Å². The van der Waals surface area contributed by atoms with Crippen LogP contribution in [-0.2, 0) is 5.75 Å². The van der Waals surface area contributed by atoms with Crippen molar-refractivity contribution in [2.24, 2.45) is 0 Å². The number of nitrogens with zero attached hydrogens (tertiary/aromatic N) is 5. The second-order valence-corrected chi connectivity index (χ2v) is 6.28. The molecule has 0 saturated heterocycles. The lowest BCUT2D eigenvalue weighted by molar-refractivity contribution is 0.853. The second-order valence-electron chi connectivity index (χ2n) is 4.49. The van der Waals surface area contributed by atoms with Crippen LogP contribution in [0.15, 0.2) is 23.5 Å². The lowest BCUT2D eigenvalue weighted by Crippen LogP contribution is -1.99. The summed E-state index contributed by atoms with van der Waals surface area (Å²) < 4.78 is 1.92. The summed E-state index contributed by atoms with van der Waals surface area (Å²) in [5.74, 6) is 1.44. The lowest BCUT2D eigenvalue weighted by atomic mass is 10.4. The third kappa shape index (κ3) is 2.97. The van der Waals surface area contributed by atoms with Gasteiger partial charge in [0.25, 0.3) is 0 Å². The molecule has 3 rings (SSSR count). The fraction of sp³-hybridized carbons (Fsp3) is 0.231. The van der Waals surface area contributed by atoms with Crippen molar-refractivity contribution in [3.05, 3.63) is 45.6 Å². The average Bonchev–Trinajstić information content (AvgIpc) is 2.81. The van der Waals surface area contributed by atoms with E-state index in [1.807, 2.05) is 24.3 Å². The number of halogens is 2. The highest BCUT2D eigenvalue weighted by atomic mass is 35.5. The first-order valence-corrected chi connectivity index (χ1v) is 7.91. The van der Waals surface area contributed by atoms with Gasteiger partial charge in [-0.25, -0.2) is 4.98 Å². The molecule has 0 radical (unpaired) electrons. The molecule has 21 heavy (non-hydrogen) atoms. The van der Waals surface area contributed by atoms with Crippen LogP contribution in [0.4, 0.5) is 0 Å². The van der Waals surface area contributed by atoms with E-state index in [0.29, 0.717) is 15.8 Å². The summed E-state index contributed by atoms with van der Waals surface area (Å²) in [7, 11) is 0. The van der Waals surface area contributed by atoms with Gasteiger partial charge in [-0.2, -0.15) is 0 Å². The molecule has 0 saturated carbocycles. The number of thioether (sulfide) groups is 1. The predicted octanol–water partition coefficient (Wildman–Crippen LogP) is 3.74. The van der Waals surface area contributed by atoms with Crippen LogP contribution < -0.4 is 0 Å². The van der Waals surface area contributed by atoms with Gasteiger partial charge in [0.2, 0.25) is 0 Å². The molecule has 0 spiro atoms. The Labute approximate surface area is 135 Å². The van der Waals surface area contributed by atoms with Gasteiger partial charge in [0, 0.05) is 23.7 Å². The second kappa shape index (κ2) is 5.79. The van der Waals surface area contributed by atoms with Gasteiger partial charge in [0.15, 0.2) is 10.8 Å². The van der Waals surface area contributed by atoms with Crippen LogP contribution >= 0.6 is 35.0 Å². The molecule has 0 fully saturated rings. The minimum Gasteiger partial charge on any atom is -0.258 e. The van der Waals surface area contributed by atoms with Gasteiger partial charge in [-0.05, 0) is 19.9 Å². The van der Waals surface area contributed by atoms with Gasteiger partial charge >= 0.3 is 0 Å². The predicted molar refractivity (Wildman–Crippen MR) is 84.1 cm³/mol. The van der Waals surface area contributed by atoms with E-state index in [4.69, 9.17) is 23.2 Å². The van der Waals surface area contributed by atoms with Gasteiger partial charge in [-0.1, -0.05) is 35.0 Å². The number of rotatable bonds is 3. The van der Waals surface area contributed by atoms with Crippen molar-refractivity contribution in [3.63, 3.8) is 0 Å². The van der Waals surface area contributed by atoms with Crippen LogP contribution in [0, 0.1) is 13.8 Å². The highest BCUT2D eigenvalue weighted by molar-refractivity contribution is 7.98. The van der Waals surface area contributed by atoms with Crippen molar-refractivity contribution in [1.82, 2.24) is 24.6 Å². The van der Waals surface area contributed by atoms with Crippen LogP contribution in [-0.4, -0.2) is 24.6 Å². The minimum atomic E-state index is 0.525. The maximum atomic E-state index is 6.12. The Morgan fingerprint density at radius 1 is 1.19 bits per heavy atom. The molecule has 0 unspecified atom stereocenters. The van der Waals surface area contributed by atoms with Crippen molar-refractivity contribution in [3.8, 4) is 0 Å². The SMILES string of the molecule is Cc1cc2nnc(SCc3ncc(Cl)cc3Cl)n2c(C)n1. The van der Waals surface area contributed by atoms with Crippen molar-refractivity contribution >= 4 is 40.6 Å². The Morgan fingerprint density at radius 3 is 2.76 bits per heavy atom. The van der Waals surface area contributed by atoms with Crippen molar-refractivity contribution in [2.45, 2.75) is 24.8 Å². The molecule has 0 N–H and O–H groups in total. The van der Waals surface area contributed by atoms with E-state index < -0.39 is 0 Å². The fourth-order valence-electron chi connectivity index (χ4n) is 1.98. The Balaban J connectivity index is 1.89. The number of aryl methyl sites for hydroxylation is 2. The van der Waals surface area contributed by atoms with E-state index in [9.17, 15) is 0 Å². The van der Waals surface area contributed by atoms with Crippen LogP contribution in [0.2, 0.25) is 10.0 Å². The fourth-order valence-corrected chi connectivity index (χ4v) is 3.45. The molecule has 8 heteroatoms. The van der Waals surface area contributed by atoms with E-state index in [-0.39, 0.29) is 0 Å². The van der Waals surface area contributed by atoms with Gasteiger partial charge in [0.1, 0.15) is 5.82 Å². The molecule has 0 aliphatic rings. The third-order valence-electron chi connectivity index (χ3n) is 2.88. The van der Waals surface area contributed by atoms with Crippen LogP contribution in [0.5, 0.6) is 0 Å². The Morgan fingerprint density at radius 2 is 2.00 bits per heavy atom. The number of hydrogen-bond donors (Lipinski definition) is 0. The molecule has 0 amide bonds. The van der Waals surface area contributed by atoms with E-state index in [1.165, 1.54) is 11.8 Å². The molecular weight excluding hydrogens is 329 g/mol. The summed E-state index contributed by atoms with van der Waals surface area (Å²) in [6.45, 7) is 3.87. The van der Waals surface area contributed by atoms with Gasteiger partial charge < -0.3 is 0 Å². The molecule has 0 atom stereocenters. The Hall–Kier alpha value is -1.37. The molecule has 0 aliphatic heterocycles. The first-order chi connectivity index (χ1) is 10.0. The van der Waals surface area contributed by atoms with E-state index in [2.05, 4.69) is 20.2 Å². The first kappa shape index (κ1) is 14.6. The Bertz CT molecular complexity index is 818. The molecule has 0 bridgehead atoms. The third-order valence-corrected chi connectivity index (χ3v) is 4.35. The summed E-state index contributed by atoms with van der Waals surface area (Å²) in [5, 5.41) is 10.2. The first-order valence-electron chi connectivity index (χ1n) is 6.16. The molecule has 3 aromatic heterocycles. The molecular formula is C13H11Cl2N5S. The quantitative estimate of drug-likeness (QED) is 0.680. The van der Waals surface area contributed by atoms with Crippen molar-refractivity contribution < 1.29 is 0 Å². The summed E-state index contributed by atoms with van der Waals surface area (Å²) >= 11 is 13.5. The Kier molecular flexibility index (Phi) is 4.01. The smallest absolute Gasteiger partial charge is 0.197 e. The summed E-state index contributed by atoms with van der Waals surface area (Å²) in [6, 6.07) is 3.58. The zero-order valence-corrected chi connectivity index (χ0v) is 13.7. The molecule has 5 nitrogen and oxygen atoms in total. The van der Waals surface area contributed by atoms with Crippen LogP contribution in [0.3, 0.4) is 0 Å². The standard InChI is InChI=1S/C13H11Cl2N5S/c1-7-3-12-18-19-13(20(12)8(2)17-7)21-6-11-10(15)4-9(14)5-16-11/h3-5H,6H2,1-2H3. The number of hydrogen-bond acceptors (Lipinski definition) is 5. The van der Waals surface area contributed by atoms with Gasteiger partial charge in [0.05, 0.1) is 15.7 Å². The molecule has 3 heterocycles. The van der Waals surface area contributed by atoms with Crippen LogP contribution in [0.1, 0.15) is 17.2 Å². The zero-order valence-electron chi connectivity index (χ0n) is 11.3. The molecule has 0 aromatic carbocycles. The number of fused-ring (bicyclic) bond motifs is 1. The molecule has 108 valence electrons. The topological polar surface area (TPSA) is 56.0 Å². The summed E-state index contributed by atoms with van der Waals surface area (Å²) in [5.41, 5.74) is 2.48. The van der Waals surface area contributed by atoms with Crippen molar-refractivity contribution in [1.29, 1.82) is 0 Å². The van der Waals surface area contributed by atoms with E-state index in [0.717, 1.165) is 28.0 Å². The highest BCUT2D eigenvalue weighted by Gasteiger charge is 2.11. The number of aromatic nitrogens is 5. The minimum absolute atomic E-state index is 0.525. The van der Waals surface area contributed by atoms with Crippen molar-refractivity contribution in [2.75, 3.05) is 0 Å². The maximum absolute atomic E-state index is 6.12. The maximum Gasteiger partial charge on any atom is 0.197 e. The largest absolute Gasteiger partial charge is 0.258 e. The van der Waals surface area contributed by atoms with Crippen LogP contribution in [0.25, 0.3) is 5.65 Å². The normalized spacial score (nSPS) is 11.2.